The first-order chi connectivity index (χ1) is 11.3. The molecular formula is C19H20O2S2. The van der Waals surface area contributed by atoms with Gasteiger partial charge in [0.05, 0.1) is 0 Å². The van der Waals surface area contributed by atoms with Gasteiger partial charge < -0.3 is 0 Å². The zero-order valence-corrected chi connectivity index (χ0v) is 14.8. The molecule has 120 valence electrons. The van der Waals surface area contributed by atoms with Gasteiger partial charge in [-0.2, -0.15) is 0 Å². The average molecular weight is 345 g/mol. The number of hydrogen-bond donors (Lipinski definition) is 0. The van der Waals surface area contributed by atoms with E-state index in [0.717, 1.165) is 33.8 Å². The number of thioether (sulfide) groups is 2. The van der Waals surface area contributed by atoms with Gasteiger partial charge in [-0.3, -0.25) is 9.59 Å². The highest BCUT2D eigenvalue weighted by molar-refractivity contribution is 7.99. The predicted molar refractivity (Wildman–Crippen MR) is 99.0 cm³/mol. The van der Waals surface area contributed by atoms with Crippen molar-refractivity contribution < 1.29 is 9.59 Å². The molecule has 2 aromatic rings. The standard InChI is InChI=1S/C19H20O2S2/c1-2-12-22-19-10-6-4-8-16(19)17(21)11-13-23-18-9-5-3-7-15(18)14-20/h3-10,14H,2,11-13H2,1H3. The highest BCUT2D eigenvalue weighted by Gasteiger charge is 2.11. The van der Waals surface area contributed by atoms with Crippen LogP contribution in [0, 0.1) is 0 Å². The minimum atomic E-state index is 0.167. The molecule has 2 nitrogen and oxygen atoms in total. The molecule has 0 aliphatic carbocycles. The van der Waals surface area contributed by atoms with Crippen molar-refractivity contribution in [2.24, 2.45) is 0 Å². The van der Waals surface area contributed by atoms with Gasteiger partial charge in [-0.05, 0) is 24.3 Å². The van der Waals surface area contributed by atoms with Gasteiger partial charge in [0.1, 0.15) is 0 Å². The molecule has 2 rings (SSSR count). The number of ketones is 1. The minimum Gasteiger partial charge on any atom is -0.298 e. The van der Waals surface area contributed by atoms with E-state index >= 15 is 0 Å². The van der Waals surface area contributed by atoms with E-state index in [1.54, 1.807) is 29.6 Å². The summed E-state index contributed by atoms with van der Waals surface area (Å²) in [5, 5.41) is 0. The Kier molecular flexibility index (Phi) is 7.43. The van der Waals surface area contributed by atoms with Crippen molar-refractivity contribution >= 4 is 35.6 Å². The molecule has 0 bridgehead atoms. The number of benzene rings is 2. The summed E-state index contributed by atoms with van der Waals surface area (Å²) in [6, 6.07) is 15.3. The second kappa shape index (κ2) is 9.58. The van der Waals surface area contributed by atoms with E-state index in [1.807, 2.05) is 42.5 Å². The zero-order chi connectivity index (χ0) is 16.5. The molecule has 2 aromatic carbocycles. The second-order valence-electron chi connectivity index (χ2n) is 5.02. The van der Waals surface area contributed by atoms with Crippen molar-refractivity contribution in [2.75, 3.05) is 11.5 Å². The van der Waals surface area contributed by atoms with Gasteiger partial charge >= 0.3 is 0 Å². The second-order valence-corrected chi connectivity index (χ2v) is 7.30. The molecule has 0 amide bonds. The smallest absolute Gasteiger partial charge is 0.164 e. The number of aldehydes is 1. The molecule has 4 heteroatoms. The molecule has 0 radical (unpaired) electrons. The maximum absolute atomic E-state index is 12.5. The van der Waals surface area contributed by atoms with Crippen molar-refractivity contribution in [1.29, 1.82) is 0 Å². The highest BCUT2D eigenvalue weighted by atomic mass is 32.2. The molecule has 23 heavy (non-hydrogen) atoms. The van der Waals surface area contributed by atoms with E-state index in [1.165, 1.54) is 0 Å². The fourth-order valence-electron chi connectivity index (χ4n) is 2.13. The highest BCUT2D eigenvalue weighted by Crippen LogP contribution is 2.26. The van der Waals surface area contributed by atoms with Crippen molar-refractivity contribution in [2.45, 2.75) is 29.6 Å². The van der Waals surface area contributed by atoms with Crippen LogP contribution in [0.3, 0.4) is 0 Å². The van der Waals surface area contributed by atoms with E-state index in [0.29, 0.717) is 17.7 Å². The maximum atomic E-state index is 12.5. The normalized spacial score (nSPS) is 10.5. The molecule has 0 aromatic heterocycles. The summed E-state index contributed by atoms with van der Waals surface area (Å²) in [6.07, 6.45) is 2.42. The Hall–Kier alpha value is -1.52. The van der Waals surface area contributed by atoms with Crippen LogP contribution >= 0.6 is 23.5 Å². The van der Waals surface area contributed by atoms with E-state index in [4.69, 9.17) is 0 Å². The minimum absolute atomic E-state index is 0.167. The number of Topliss-reactive ketones (excluding diaryl/α,β-unsaturated/α-hetero) is 1. The first-order valence-electron chi connectivity index (χ1n) is 7.68. The van der Waals surface area contributed by atoms with E-state index in [2.05, 4.69) is 6.92 Å². The van der Waals surface area contributed by atoms with Gasteiger partial charge in [0, 0.05) is 33.1 Å². The lowest BCUT2D eigenvalue weighted by Gasteiger charge is -2.08. The Morgan fingerprint density at radius 1 is 0.957 bits per heavy atom. The lowest BCUT2D eigenvalue weighted by Crippen LogP contribution is -2.03. The van der Waals surface area contributed by atoms with Crippen LogP contribution in [-0.2, 0) is 0 Å². The molecule has 0 unspecified atom stereocenters. The van der Waals surface area contributed by atoms with Crippen LogP contribution in [0.2, 0.25) is 0 Å². The van der Waals surface area contributed by atoms with Crippen molar-refractivity contribution in [3.05, 3.63) is 59.7 Å². The van der Waals surface area contributed by atoms with Crippen LogP contribution < -0.4 is 0 Å². The monoisotopic (exact) mass is 344 g/mol. The van der Waals surface area contributed by atoms with Crippen molar-refractivity contribution in [1.82, 2.24) is 0 Å². The molecule has 0 saturated heterocycles. The van der Waals surface area contributed by atoms with Crippen LogP contribution in [0.1, 0.15) is 40.5 Å². The Bertz CT molecular complexity index is 668. The van der Waals surface area contributed by atoms with Gasteiger partial charge in [0.2, 0.25) is 0 Å². The molecule has 0 fully saturated rings. The van der Waals surface area contributed by atoms with Gasteiger partial charge in [0.25, 0.3) is 0 Å². The Morgan fingerprint density at radius 3 is 2.35 bits per heavy atom. The summed E-state index contributed by atoms with van der Waals surface area (Å²) in [5.74, 6) is 1.86. The van der Waals surface area contributed by atoms with Crippen LogP contribution in [0.5, 0.6) is 0 Å². The SMILES string of the molecule is CCCSc1ccccc1C(=O)CCSc1ccccc1C=O. The Morgan fingerprint density at radius 2 is 1.61 bits per heavy atom. The summed E-state index contributed by atoms with van der Waals surface area (Å²) in [7, 11) is 0. The van der Waals surface area contributed by atoms with Gasteiger partial charge in [-0.1, -0.05) is 43.3 Å². The summed E-state index contributed by atoms with van der Waals surface area (Å²) >= 11 is 3.30. The molecule has 0 aliphatic heterocycles. The van der Waals surface area contributed by atoms with Crippen LogP contribution in [0.4, 0.5) is 0 Å². The van der Waals surface area contributed by atoms with Gasteiger partial charge in [0.15, 0.2) is 12.1 Å². The summed E-state index contributed by atoms with van der Waals surface area (Å²) in [4.78, 5) is 25.5. The van der Waals surface area contributed by atoms with E-state index in [9.17, 15) is 9.59 Å². The summed E-state index contributed by atoms with van der Waals surface area (Å²) in [5.41, 5.74) is 1.50. The number of hydrogen-bond acceptors (Lipinski definition) is 4. The predicted octanol–water partition coefficient (Wildman–Crippen LogP) is 5.37. The van der Waals surface area contributed by atoms with Gasteiger partial charge in [-0.25, -0.2) is 0 Å². The largest absolute Gasteiger partial charge is 0.298 e. The maximum Gasteiger partial charge on any atom is 0.164 e. The Balaban J connectivity index is 1.96. The molecule has 0 aliphatic rings. The zero-order valence-electron chi connectivity index (χ0n) is 13.2. The van der Waals surface area contributed by atoms with E-state index in [-0.39, 0.29) is 5.78 Å². The third kappa shape index (κ3) is 5.26. The molecule has 0 saturated carbocycles. The van der Waals surface area contributed by atoms with E-state index < -0.39 is 0 Å². The summed E-state index contributed by atoms with van der Waals surface area (Å²) in [6.45, 7) is 2.14. The molecule has 0 spiro atoms. The van der Waals surface area contributed by atoms with Crippen LogP contribution in [0.15, 0.2) is 58.3 Å². The lowest BCUT2D eigenvalue weighted by atomic mass is 10.1. The van der Waals surface area contributed by atoms with Crippen LogP contribution in [0.25, 0.3) is 0 Å². The van der Waals surface area contributed by atoms with Gasteiger partial charge in [-0.15, -0.1) is 23.5 Å². The fourth-order valence-corrected chi connectivity index (χ4v) is 4.03. The fraction of sp³-hybridized carbons (Fsp3) is 0.263. The van der Waals surface area contributed by atoms with Crippen LogP contribution in [-0.4, -0.2) is 23.6 Å². The van der Waals surface area contributed by atoms with Crippen molar-refractivity contribution in [3.8, 4) is 0 Å². The third-order valence-electron chi connectivity index (χ3n) is 3.28. The topological polar surface area (TPSA) is 34.1 Å². The first kappa shape index (κ1) is 17.8. The van der Waals surface area contributed by atoms with Crippen molar-refractivity contribution in [3.63, 3.8) is 0 Å². The Labute approximate surface area is 146 Å². The third-order valence-corrected chi connectivity index (χ3v) is 5.65. The lowest BCUT2D eigenvalue weighted by molar-refractivity contribution is 0.0986. The quantitative estimate of drug-likeness (QED) is 0.348. The average Bonchev–Trinajstić information content (AvgIpc) is 2.60. The molecule has 0 heterocycles. The molecular weight excluding hydrogens is 324 g/mol. The number of carbonyl (C=O) groups is 2. The molecule has 0 N–H and O–H groups in total. The number of carbonyl (C=O) groups excluding carboxylic acids is 2. The summed E-state index contributed by atoms with van der Waals surface area (Å²) < 4.78 is 0. The molecule has 0 atom stereocenters. The first-order valence-corrected chi connectivity index (χ1v) is 9.65. The number of rotatable bonds is 9.